The number of likely N-dealkylation sites (N-methyl/N-ethyl adjacent to an activating group) is 1. The number of piperazine rings is 2. The van der Waals surface area contributed by atoms with Gasteiger partial charge in [-0.3, -0.25) is 18.9 Å². The normalized spacial score (nSPS) is 17.3. The Morgan fingerprint density at radius 3 is 2.11 bits per heavy atom. The minimum atomic E-state index is -6.13. The van der Waals surface area contributed by atoms with Gasteiger partial charge in [-0.25, -0.2) is 34.0 Å². The quantitative estimate of drug-likeness (QED) is 0.00811. The molecule has 38 heteroatoms. The highest BCUT2D eigenvalue weighted by atomic mass is 35.5. The predicted octanol–water partition coefficient (Wildman–Crippen LogP) is 15.8. The standard InChI is InChI=1S/C57H66ClF4N6O11PS4.C32H35ClFN7O2/c1-38(2)68-39(3)55(82(4,73)74)53(54(68)40-11-13-43(58)14-12-40)42-33-44(59)35-48(34-42)67-29-27-66(28-30-67)47-17-15-45(16-18-47)64-84(77,78)50-19-20-51(52(36-50)83(75,76)57(60,61)62)63-46(37-81-49-9-6-5-7-10-49)23-26-65-24-21-41(22-25-65)56(69)79-31-8-32-80(70,71)72;1-21(34)31(42)41-17-16-40(18-23(41)11-13-35)30-25-12-15-39(28-10-4-7-22-6-3-9-26(33)29(22)28)19-27(25)36-32(37-30)43-20-24-8-5-14-38(24)2/h5-7,9-20,33-36,38,41,46,63-64H,8,21-32,37H2,1-4H3,(H2,70,71,72);3-4,6-7,9-10,23-24H,1,5,8,11-12,14-20H2,2H3. The summed E-state index contributed by atoms with van der Waals surface area (Å²) in [5.74, 6) is -2.22. The number of likely N-dealkylation sites (tertiary alicyclic amines) is 2. The minimum absolute atomic E-state index is 0.0139. The fourth-order valence-corrected chi connectivity index (χ4v) is 22.4. The van der Waals surface area contributed by atoms with Crippen LogP contribution in [0.4, 0.5) is 56.2 Å². The maximum absolute atomic E-state index is 15.8. The summed E-state index contributed by atoms with van der Waals surface area (Å²) in [5, 5.41) is 15.8. The van der Waals surface area contributed by atoms with Gasteiger partial charge < -0.3 is 63.4 Å². The van der Waals surface area contributed by atoms with Crippen LogP contribution in [-0.2, 0) is 61.6 Å². The van der Waals surface area contributed by atoms with Gasteiger partial charge in [-0.2, -0.15) is 28.4 Å². The molecule has 26 nitrogen and oxygen atoms in total. The van der Waals surface area contributed by atoms with Crippen LogP contribution in [0.3, 0.4) is 0 Å². The third-order valence-electron chi connectivity index (χ3n) is 23.5. The molecule has 0 aliphatic carbocycles. The number of carbonyl (C=O) groups is 2. The smallest absolute Gasteiger partial charge is 0.465 e. The molecular weight excluding hydrogens is 1780 g/mol. The maximum atomic E-state index is 15.8. The summed E-state index contributed by atoms with van der Waals surface area (Å²) in [5.41, 5.74) is 0.561. The second-order valence-corrected chi connectivity index (χ2v) is 41.8. The van der Waals surface area contributed by atoms with Gasteiger partial charge in [0, 0.05) is 144 Å². The number of carbonyl (C=O) groups excluding carboxylic acids is 2. The van der Waals surface area contributed by atoms with Crippen LogP contribution in [0.5, 0.6) is 6.01 Å². The van der Waals surface area contributed by atoms with Crippen molar-refractivity contribution in [3.8, 4) is 34.5 Å². The van der Waals surface area contributed by atoms with Crippen molar-refractivity contribution >= 4 is 129 Å². The largest absolute Gasteiger partial charge is 0.501 e. The Hall–Kier alpha value is -9.57. The average molecular weight is 1890 g/mol. The summed E-state index contributed by atoms with van der Waals surface area (Å²) in [7, 11) is -16.8. The molecule has 4 saturated heterocycles. The van der Waals surface area contributed by atoms with E-state index in [-0.39, 0.29) is 48.4 Å². The number of esters is 1. The van der Waals surface area contributed by atoms with Gasteiger partial charge >= 0.3 is 25.1 Å². The number of aromatic nitrogens is 3. The van der Waals surface area contributed by atoms with Crippen LogP contribution in [0, 0.1) is 30.0 Å². The molecule has 3 atom stereocenters. The number of anilines is 6. The summed E-state index contributed by atoms with van der Waals surface area (Å²) in [6.45, 7) is 15.6. The highest BCUT2D eigenvalue weighted by Crippen LogP contribution is 2.47. The number of hydrogen-bond donors (Lipinski definition) is 4. The van der Waals surface area contributed by atoms with Crippen molar-refractivity contribution in [3.05, 3.63) is 197 Å². The van der Waals surface area contributed by atoms with E-state index in [2.05, 4.69) is 67.5 Å². The first-order valence-electron chi connectivity index (χ1n) is 41.7. The van der Waals surface area contributed by atoms with Gasteiger partial charge in [0.15, 0.2) is 15.7 Å². The first kappa shape index (κ1) is 95.0. The summed E-state index contributed by atoms with van der Waals surface area (Å²) in [6, 6.07) is 43.1. The highest BCUT2D eigenvalue weighted by molar-refractivity contribution is 7.99. The number of rotatable bonds is 30. The monoisotopic (exact) mass is 1880 g/mol. The molecule has 0 radical (unpaired) electrons. The molecule has 127 heavy (non-hydrogen) atoms. The summed E-state index contributed by atoms with van der Waals surface area (Å²) in [4.78, 5) is 66.2. The molecule has 2 aromatic heterocycles. The number of nitrogens with one attached hydrogen (secondary N) is 2. The van der Waals surface area contributed by atoms with Gasteiger partial charge in [0.2, 0.25) is 0 Å². The number of fused-ring (bicyclic) bond motifs is 2. The van der Waals surface area contributed by atoms with E-state index in [1.165, 1.54) is 40.9 Å². The van der Waals surface area contributed by atoms with Crippen molar-refractivity contribution in [2.45, 2.75) is 128 Å². The number of nitrogens with zero attached hydrogens (tertiary/aromatic N) is 11. The molecule has 1 amide bonds. The zero-order valence-corrected chi connectivity index (χ0v) is 76.4. The first-order valence-corrected chi connectivity index (χ1v) is 50.1. The topological polar surface area (TPSA) is 314 Å². The van der Waals surface area contributed by atoms with E-state index in [0.717, 1.165) is 82.8 Å². The number of halogens is 7. The Morgan fingerprint density at radius 2 is 1.46 bits per heavy atom. The highest BCUT2D eigenvalue weighted by Gasteiger charge is 2.49. The molecule has 7 aromatic carbocycles. The number of alkyl halides is 3. The lowest BCUT2D eigenvalue weighted by Gasteiger charge is -2.42. The zero-order chi connectivity index (χ0) is 91.0. The number of sulfone groups is 2. The molecule has 9 aromatic rings. The SMILES string of the molecule is C=C(F)C(=O)N1CCN(c2nc(OCC3CCCN3C)nc3c2CCN(c2cccc4cccc(Cl)c24)C3)CC1CC#N.Cc1c(S(C)(=O)=O)c(-c2cc(F)cc(N3CCN(c4ccc(NS(=O)(=O)c5ccc(NC(CCN6CCC(C(=O)OCCCP(=O)(O)O)CC6)CSc6ccccc6)c(S(=O)(=O)C(F)(F)F)c5)cc4)CC3)c2)c(-c2ccc(Cl)cc2)n1C(C)C. The zero-order valence-electron chi connectivity index (χ0n) is 70.7. The molecule has 678 valence electrons. The molecule has 14 rings (SSSR count). The average Bonchev–Trinajstić information content (AvgIpc) is 1.57. The van der Waals surface area contributed by atoms with E-state index >= 15 is 4.39 Å². The Morgan fingerprint density at radius 1 is 0.780 bits per heavy atom. The number of nitriles is 1. The molecular formula is C89H101Cl2F5N13O13PS4. The van der Waals surface area contributed by atoms with E-state index in [1.54, 1.807) is 49.4 Å². The van der Waals surface area contributed by atoms with Crippen molar-refractivity contribution in [2.24, 2.45) is 5.92 Å². The van der Waals surface area contributed by atoms with Crippen LogP contribution >= 0.6 is 42.6 Å². The van der Waals surface area contributed by atoms with Gasteiger partial charge in [-0.15, -0.1) is 11.8 Å². The van der Waals surface area contributed by atoms with Crippen molar-refractivity contribution in [2.75, 3.05) is 147 Å². The number of sulfonamides is 1. The van der Waals surface area contributed by atoms with E-state index in [1.807, 2.05) is 76.7 Å². The molecule has 5 aliphatic rings. The van der Waals surface area contributed by atoms with E-state index in [0.29, 0.717) is 165 Å². The maximum Gasteiger partial charge on any atom is 0.501 e. The third kappa shape index (κ3) is 23.0. The second-order valence-electron chi connectivity index (χ2n) is 32.6. The van der Waals surface area contributed by atoms with Gasteiger partial charge in [0.05, 0.1) is 75.7 Å². The van der Waals surface area contributed by atoms with E-state index in [9.17, 15) is 62.2 Å². The minimum Gasteiger partial charge on any atom is -0.465 e. The van der Waals surface area contributed by atoms with Gasteiger partial charge in [-0.05, 0) is 206 Å². The number of hydrogen-bond acceptors (Lipinski definition) is 22. The number of ether oxygens (including phenoxy) is 2. The molecule has 4 fully saturated rings. The predicted molar refractivity (Wildman–Crippen MR) is 486 cm³/mol. The van der Waals surface area contributed by atoms with Crippen LogP contribution < -0.4 is 34.4 Å². The number of piperidine rings is 1. The van der Waals surface area contributed by atoms with Crippen LogP contribution in [0.2, 0.25) is 10.0 Å². The molecule has 0 spiro atoms. The number of amides is 1. The van der Waals surface area contributed by atoms with Crippen molar-refractivity contribution in [3.63, 3.8) is 0 Å². The third-order valence-corrected chi connectivity index (χ3v) is 30.3. The lowest BCUT2D eigenvalue weighted by Crippen LogP contribution is -2.55. The fraction of sp³-hybridized carbons (Fsp3) is 0.404. The van der Waals surface area contributed by atoms with E-state index in [4.69, 9.17) is 52.4 Å². The Balaban J connectivity index is 0.000000267. The van der Waals surface area contributed by atoms with Gasteiger partial charge in [-0.1, -0.05) is 84.4 Å². The van der Waals surface area contributed by atoms with Crippen molar-refractivity contribution in [1.82, 2.24) is 29.2 Å². The molecule has 0 saturated carbocycles. The lowest BCUT2D eigenvalue weighted by atomic mass is 9.96. The summed E-state index contributed by atoms with van der Waals surface area (Å²) < 4.78 is 181. The first-order chi connectivity index (χ1) is 60.3. The Bertz CT molecular complexity index is 5960. The summed E-state index contributed by atoms with van der Waals surface area (Å²) >= 11 is 14.3. The number of thioether (sulfide) groups is 1. The van der Waals surface area contributed by atoms with Crippen LogP contribution in [0.1, 0.15) is 81.8 Å². The van der Waals surface area contributed by atoms with Crippen molar-refractivity contribution in [1.29, 1.82) is 5.26 Å². The van der Waals surface area contributed by atoms with Crippen LogP contribution in [-0.4, -0.2) is 217 Å². The number of benzene rings is 7. The van der Waals surface area contributed by atoms with E-state index < -0.39 is 106 Å². The summed E-state index contributed by atoms with van der Waals surface area (Å²) in [6.07, 6.45) is 4.89. The molecule has 4 N–H and O–H groups in total. The van der Waals surface area contributed by atoms with Crippen molar-refractivity contribution < 1.29 is 80.6 Å². The fourth-order valence-electron chi connectivity index (χ4n) is 17.2. The van der Waals surface area contributed by atoms with Gasteiger partial charge in [0.1, 0.15) is 23.1 Å². The molecule has 5 aliphatic heterocycles. The van der Waals surface area contributed by atoms with Gasteiger partial charge in [0.25, 0.3) is 25.8 Å². The molecule has 7 heterocycles. The Kier molecular flexibility index (Phi) is 30.4. The Labute approximate surface area is 751 Å². The van der Waals surface area contributed by atoms with Crippen LogP contribution in [0.25, 0.3) is 33.2 Å². The molecule has 3 unspecified atom stereocenters. The second kappa shape index (κ2) is 40.6. The van der Waals surface area contributed by atoms with Crippen LogP contribution in [0.15, 0.2) is 184 Å². The molecule has 0 bridgehead atoms. The lowest BCUT2D eigenvalue weighted by molar-refractivity contribution is -0.150.